The molecule has 0 atom stereocenters. The van der Waals surface area contributed by atoms with E-state index in [1.165, 1.54) is 0 Å². The minimum Gasteiger partial charge on any atom is -0.485 e. The molecule has 2 N–H and O–H groups in total. The Morgan fingerprint density at radius 3 is 2.25 bits per heavy atom. The monoisotopic (exact) mass is 231 g/mol. The summed E-state index contributed by atoms with van der Waals surface area (Å²) in [5, 5.41) is 0. The van der Waals surface area contributed by atoms with E-state index in [2.05, 4.69) is 4.74 Å². The molecule has 0 aliphatic carbocycles. The summed E-state index contributed by atoms with van der Waals surface area (Å²) in [4.78, 5) is 22.4. The Morgan fingerprint density at radius 2 is 1.75 bits per heavy atom. The van der Waals surface area contributed by atoms with Gasteiger partial charge in [0.1, 0.15) is 6.61 Å². The second kappa shape index (κ2) is 8.72. The molecule has 0 heterocycles. The highest BCUT2D eigenvalue weighted by atomic mass is 16.6. The van der Waals surface area contributed by atoms with Gasteiger partial charge in [0.05, 0.1) is 19.3 Å². The molecular formula is C10H17NO5. The van der Waals surface area contributed by atoms with E-state index in [0.717, 1.165) is 6.08 Å². The molecule has 92 valence electrons. The van der Waals surface area contributed by atoms with Crippen molar-refractivity contribution >= 4 is 11.9 Å². The summed E-state index contributed by atoms with van der Waals surface area (Å²) in [5.41, 5.74) is 5.22. The Morgan fingerprint density at radius 1 is 1.12 bits per heavy atom. The largest absolute Gasteiger partial charge is 0.485 e. The highest BCUT2D eigenvalue weighted by molar-refractivity contribution is 5.94. The lowest BCUT2D eigenvalue weighted by Crippen LogP contribution is -2.17. The maximum absolute atomic E-state index is 11.3. The van der Waals surface area contributed by atoms with Gasteiger partial charge >= 0.3 is 11.9 Å². The van der Waals surface area contributed by atoms with Gasteiger partial charge in [0.25, 0.3) is 0 Å². The Kier molecular flexibility index (Phi) is 7.87. The minimum atomic E-state index is -0.705. The average molecular weight is 231 g/mol. The number of esters is 2. The second-order valence-corrected chi connectivity index (χ2v) is 2.62. The summed E-state index contributed by atoms with van der Waals surface area (Å²) >= 11 is 0. The van der Waals surface area contributed by atoms with Crippen LogP contribution in [0.4, 0.5) is 0 Å². The van der Waals surface area contributed by atoms with Gasteiger partial charge in [0, 0.05) is 6.54 Å². The quantitative estimate of drug-likeness (QED) is 0.376. The van der Waals surface area contributed by atoms with Gasteiger partial charge in [0.15, 0.2) is 0 Å². The number of hydrogen-bond donors (Lipinski definition) is 1. The lowest BCUT2D eigenvalue weighted by Gasteiger charge is -2.08. The van der Waals surface area contributed by atoms with Crippen LogP contribution in [0, 0.1) is 0 Å². The third kappa shape index (κ3) is 6.02. The van der Waals surface area contributed by atoms with Gasteiger partial charge in [-0.15, -0.1) is 0 Å². The Bertz CT molecular complexity index is 262. The molecule has 0 aromatic heterocycles. The molecule has 0 spiro atoms. The molecule has 6 nitrogen and oxygen atoms in total. The van der Waals surface area contributed by atoms with E-state index in [1.54, 1.807) is 13.8 Å². The fourth-order valence-corrected chi connectivity index (χ4v) is 0.822. The van der Waals surface area contributed by atoms with Crippen molar-refractivity contribution < 1.29 is 23.8 Å². The molecule has 6 heteroatoms. The highest BCUT2D eigenvalue weighted by Gasteiger charge is 2.14. The molecule has 0 fully saturated rings. The maximum atomic E-state index is 11.3. The van der Waals surface area contributed by atoms with Crippen molar-refractivity contribution in [3.63, 3.8) is 0 Å². The molecule has 0 unspecified atom stereocenters. The van der Waals surface area contributed by atoms with Crippen LogP contribution in [0.25, 0.3) is 0 Å². The summed E-state index contributed by atoms with van der Waals surface area (Å²) < 4.78 is 14.3. The van der Waals surface area contributed by atoms with E-state index in [0.29, 0.717) is 0 Å². The number of nitrogens with two attached hydrogens (primary N) is 1. The molecule has 0 aliphatic heterocycles. The molecule has 0 amide bonds. The molecule has 16 heavy (non-hydrogen) atoms. The molecule has 0 bridgehead atoms. The Balaban J connectivity index is 4.51. The Hall–Kier alpha value is -1.56. The molecule has 0 rings (SSSR count). The van der Waals surface area contributed by atoms with E-state index < -0.39 is 11.9 Å². The van der Waals surface area contributed by atoms with E-state index >= 15 is 0 Å². The first-order valence-electron chi connectivity index (χ1n) is 5.04. The maximum Gasteiger partial charge on any atom is 0.373 e. The number of ether oxygens (including phenoxy) is 3. The lowest BCUT2D eigenvalue weighted by atomic mass is 10.4. The number of hydrogen-bond acceptors (Lipinski definition) is 6. The summed E-state index contributed by atoms with van der Waals surface area (Å²) in [6.45, 7) is 4.11. The van der Waals surface area contributed by atoms with Gasteiger partial charge in [-0.05, 0) is 13.8 Å². The molecule has 0 aliphatic rings. The van der Waals surface area contributed by atoms with Gasteiger partial charge in [-0.25, -0.2) is 9.59 Å². The van der Waals surface area contributed by atoms with Crippen LogP contribution in [-0.4, -0.2) is 38.3 Å². The fraction of sp³-hybridized carbons (Fsp3) is 0.600. The van der Waals surface area contributed by atoms with Gasteiger partial charge in [-0.3, -0.25) is 0 Å². The van der Waals surface area contributed by atoms with Gasteiger partial charge in [-0.2, -0.15) is 0 Å². The van der Waals surface area contributed by atoms with E-state index in [9.17, 15) is 9.59 Å². The van der Waals surface area contributed by atoms with Crippen molar-refractivity contribution in [2.45, 2.75) is 13.8 Å². The Labute approximate surface area is 94.3 Å². The third-order valence-electron chi connectivity index (χ3n) is 1.39. The first-order chi connectivity index (χ1) is 7.65. The van der Waals surface area contributed by atoms with Crippen molar-refractivity contribution in [2.24, 2.45) is 5.73 Å². The van der Waals surface area contributed by atoms with Crippen molar-refractivity contribution in [1.29, 1.82) is 0 Å². The smallest absolute Gasteiger partial charge is 0.373 e. The zero-order valence-corrected chi connectivity index (χ0v) is 9.52. The third-order valence-corrected chi connectivity index (χ3v) is 1.39. The standard InChI is InChI=1S/C10H17NO5/c1-3-14-9(12)7-8(16-6-5-11)10(13)15-4-2/h7H,3-6,11H2,1-2H3/b8-7+. The predicted octanol–water partition coefficient (Wildman–Crippen LogP) is -0.0282. The van der Waals surface area contributed by atoms with Gasteiger partial charge in [0.2, 0.25) is 5.76 Å². The van der Waals surface area contributed by atoms with Crippen LogP contribution in [0.2, 0.25) is 0 Å². The second-order valence-electron chi connectivity index (χ2n) is 2.62. The fourth-order valence-electron chi connectivity index (χ4n) is 0.822. The van der Waals surface area contributed by atoms with Gasteiger partial charge < -0.3 is 19.9 Å². The molecular weight excluding hydrogens is 214 g/mol. The van der Waals surface area contributed by atoms with Gasteiger partial charge in [-0.1, -0.05) is 0 Å². The first kappa shape index (κ1) is 14.4. The summed E-state index contributed by atoms with van der Waals surface area (Å²) in [6.07, 6.45) is 0.956. The average Bonchev–Trinajstić information content (AvgIpc) is 2.24. The first-order valence-corrected chi connectivity index (χ1v) is 5.04. The lowest BCUT2D eigenvalue weighted by molar-refractivity contribution is -0.144. The highest BCUT2D eigenvalue weighted by Crippen LogP contribution is 2.01. The van der Waals surface area contributed by atoms with Crippen molar-refractivity contribution in [3.05, 3.63) is 11.8 Å². The van der Waals surface area contributed by atoms with Crippen LogP contribution in [0.5, 0.6) is 0 Å². The van der Waals surface area contributed by atoms with Crippen LogP contribution < -0.4 is 5.73 Å². The molecule has 0 saturated carbocycles. The minimum absolute atomic E-state index is 0.129. The van der Waals surface area contributed by atoms with Crippen molar-refractivity contribution in [2.75, 3.05) is 26.4 Å². The molecule has 0 aromatic rings. The zero-order valence-electron chi connectivity index (χ0n) is 9.52. The van der Waals surface area contributed by atoms with Crippen LogP contribution in [-0.2, 0) is 23.8 Å². The SMILES string of the molecule is CCOC(=O)/C=C(/OCCN)C(=O)OCC. The van der Waals surface area contributed by atoms with E-state index in [4.69, 9.17) is 15.2 Å². The molecule has 0 aromatic carbocycles. The van der Waals surface area contributed by atoms with Crippen LogP contribution in [0.1, 0.15) is 13.8 Å². The van der Waals surface area contributed by atoms with Crippen molar-refractivity contribution in [1.82, 2.24) is 0 Å². The number of rotatable bonds is 7. The number of carbonyl (C=O) groups excluding carboxylic acids is 2. The summed E-state index contributed by atoms with van der Waals surface area (Å²) in [6, 6.07) is 0. The van der Waals surface area contributed by atoms with Crippen molar-refractivity contribution in [3.8, 4) is 0 Å². The molecule has 0 saturated heterocycles. The number of carbonyl (C=O) groups is 2. The summed E-state index contributed by atoms with van der Waals surface area (Å²) in [5.74, 6) is -1.54. The normalized spacial score (nSPS) is 10.8. The summed E-state index contributed by atoms with van der Waals surface area (Å²) in [7, 11) is 0. The molecule has 0 radical (unpaired) electrons. The van der Waals surface area contributed by atoms with Crippen LogP contribution in [0.15, 0.2) is 11.8 Å². The zero-order chi connectivity index (χ0) is 12.4. The predicted molar refractivity (Wildman–Crippen MR) is 56.4 cm³/mol. The van der Waals surface area contributed by atoms with Crippen LogP contribution >= 0.6 is 0 Å². The topological polar surface area (TPSA) is 87.9 Å². The van der Waals surface area contributed by atoms with E-state index in [1.807, 2.05) is 0 Å². The van der Waals surface area contributed by atoms with Crippen LogP contribution in [0.3, 0.4) is 0 Å². The van der Waals surface area contributed by atoms with E-state index in [-0.39, 0.29) is 32.1 Å².